The number of β-lactam (4-membered cyclic amide) rings is 1. The Kier molecular flexibility index (Phi) is 9.02. The molecular formula is C24H26N9O7S3+. The molecule has 2 aliphatic rings. The molecule has 226 valence electrons. The molecule has 43 heavy (non-hydrogen) atoms. The van der Waals surface area contributed by atoms with Crippen molar-refractivity contribution in [1.29, 1.82) is 0 Å². The number of ether oxygens (including phenoxy) is 1. The molecule has 2 atom stereocenters. The van der Waals surface area contributed by atoms with Crippen molar-refractivity contribution in [3.05, 3.63) is 46.9 Å². The third kappa shape index (κ3) is 6.37. The van der Waals surface area contributed by atoms with Crippen LogP contribution in [0.1, 0.15) is 12.6 Å². The summed E-state index contributed by atoms with van der Waals surface area (Å²) < 4.78 is 8.20. The molecule has 1 saturated heterocycles. The lowest BCUT2D eigenvalue weighted by atomic mass is 10.0. The summed E-state index contributed by atoms with van der Waals surface area (Å²) in [6.45, 7) is 2.26. The maximum atomic E-state index is 13.2. The smallest absolute Gasteiger partial charge is 0.404 e. The first kappa shape index (κ1) is 30.1. The van der Waals surface area contributed by atoms with E-state index in [9.17, 15) is 24.3 Å². The largest absolute Gasteiger partial charge is 0.477 e. The lowest BCUT2D eigenvalue weighted by Gasteiger charge is -2.49. The Labute approximate surface area is 256 Å². The summed E-state index contributed by atoms with van der Waals surface area (Å²) in [6.07, 6.45) is 2.66. The number of nitrogens with one attached hydrogen (secondary N) is 1. The minimum Gasteiger partial charge on any atom is -0.477 e. The second kappa shape index (κ2) is 12.9. The summed E-state index contributed by atoms with van der Waals surface area (Å²) >= 11 is 3.86. The highest BCUT2D eigenvalue weighted by Gasteiger charge is 2.54. The van der Waals surface area contributed by atoms with Gasteiger partial charge in [-0.05, 0) is 13.0 Å². The number of carboxylic acids is 1. The van der Waals surface area contributed by atoms with Crippen LogP contribution in [0.3, 0.4) is 0 Å². The average Bonchev–Trinajstić information content (AvgIpc) is 3.59. The first-order valence-corrected chi connectivity index (χ1v) is 15.6. The van der Waals surface area contributed by atoms with E-state index >= 15 is 0 Å². The van der Waals surface area contributed by atoms with Gasteiger partial charge in [0.05, 0.1) is 0 Å². The van der Waals surface area contributed by atoms with Crippen LogP contribution in [0, 0.1) is 0 Å². The standard InChI is InChI=1S/C24H25N9O7S3/c1-2-40-30-16(13-11-43-23(25)27-13)19(34)28-17-20(35)33-18(22(36)37)12(10-42-21(17)33)9-31-5-6-32-15(31)4-3-14(29-32)41-8-7-39-24(26)38/h3-6,11,17,21H,2,7-10H2,1H3,(H5-,25,26,27,28,34,36,37,38)/p+1/b30-16-/t17-,21-/m1/s1. The SMILES string of the molecule is CCO/N=C(\C(=O)N[C@@H]1C(=O)N2C(C(=O)O)=C(C[n+]3ccn4nc(SCCOC(N)=O)ccc43)CS[C@H]12)c1csc(N)n1. The molecule has 3 amide bonds. The number of amides is 3. The molecular weight excluding hydrogens is 623 g/mol. The fourth-order valence-corrected chi connectivity index (χ4v) is 6.99. The van der Waals surface area contributed by atoms with Crippen molar-refractivity contribution in [2.45, 2.75) is 29.9 Å². The molecule has 19 heteroatoms. The van der Waals surface area contributed by atoms with E-state index in [0.29, 0.717) is 27.8 Å². The van der Waals surface area contributed by atoms with E-state index in [4.69, 9.17) is 21.0 Å². The zero-order valence-corrected chi connectivity index (χ0v) is 25.0. The number of hydrogen-bond acceptors (Lipinski definition) is 13. The first-order valence-electron chi connectivity index (χ1n) is 12.7. The van der Waals surface area contributed by atoms with Gasteiger partial charge >= 0.3 is 17.7 Å². The van der Waals surface area contributed by atoms with Gasteiger partial charge < -0.3 is 31.5 Å². The molecule has 5 heterocycles. The molecule has 0 radical (unpaired) electrons. The first-order chi connectivity index (χ1) is 20.7. The van der Waals surface area contributed by atoms with Crippen LogP contribution >= 0.6 is 34.9 Å². The molecule has 3 aromatic rings. The topological polar surface area (TPSA) is 221 Å². The third-order valence-electron chi connectivity index (χ3n) is 6.24. The van der Waals surface area contributed by atoms with Crippen LogP contribution in [0.25, 0.3) is 5.65 Å². The Morgan fingerprint density at radius 3 is 2.86 bits per heavy atom. The number of thioether (sulfide) groups is 2. The van der Waals surface area contributed by atoms with Gasteiger partial charge in [0.2, 0.25) is 0 Å². The Hall–Kier alpha value is -4.36. The zero-order chi connectivity index (χ0) is 30.7. The number of carbonyl (C=O) groups is 4. The molecule has 0 unspecified atom stereocenters. The molecule has 0 aliphatic carbocycles. The van der Waals surface area contributed by atoms with Gasteiger partial charge in [0, 0.05) is 28.5 Å². The quantitative estimate of drug-likeness (QED) is 0.0510. The van der Waals surface area contributed by atoms with Crippen LogP contribution in [-0.2, 0) is 30.5 Å². The summed E-state index contributed by atoms with van der Waals surface area (Å²) in [5.74, 6) is -1.69. The van der Waals surface area contributed by atoms with Gasteiger partial charge in [-0.25, -0.2) is 19.1 Å². The minimum absolute atomic E-state index is 0.115. The van der Waals surface area contributed by atoms with E-state index < -0.39 is 35.3 Å². The van der Waals surface area contributed by atoms with Crippen molar-refractivity contribution in [3.8, 4) is 0 Å². The van der Waals surface area contributed by atoms with Crippen LogP contribution < -0.4 is 21.4 Å². The van der Waals surface area contributed by atoms with Crippen molar-refractivity contribution < 1.29 is 38.4 Å². The van der Waals surface area contributed by atoms with Crippen molar-refractivity contribution in [1.82, 2.24) is 24.8 Å². The van der Waals surface area contributed by atoms with Crippen molar-refractivity contribution in [3.63, 3.8) is 0 Å². The Morgan fingerprint density at radius 2 is 2.16 bits per heavy atom. The highest BCUT2D eigenvalue weighted by atomic mass is 32.2. The number of aliphatic carboxylic acids is 1. The fraction of sp³-hybridized carbons (Fsp3) is 0.333. The molecule has 0 spiro atoms. The van der Waals surface area contributed by atoms with E-state index in [1.807, 2.05) is 10.6 Å². The van der Waals surface area contributed by atoms with Gasteiger partial charge in [0.1, 0.15) is 53.8 Å². The number of imidazole rings is 1. The van der Waals surface area contributed by atoms with E-state index in [1.165, 1.54) is 28.4 Å². The van der Waals surface area contributed by atoms with E-state index in [-0.39, 0.29) is 42.0 Å². The molecule has 0 aromatic carbocycles. The lowest BCUT2D eigenvalue weighted by Crippen LogP contribution is -2.71. The normalized spacial score (nSPS) is 18.3. The molecule has 0 saturated carbocycles. The molecule has 3 aromatic heterocycles. The van der Waals surface area contributed by atoms with Crippen LogP contribution in [0.4, 0.5) is 9.93 Å². The average molecular weight is 649 g/mol. The fourth-order valence-electron chi connectivity index (χ4n) is 4.42. The summed E-state index contributed by atoms with van der Waals surface area (Å²) in [5, 5.41) is 23.0. The summed E-state index contributed by atoms with van der Waals surface area (Å²) in [5.41, 5.74) is 11.8. The number of thiazole rings is 1. The molecule has 16 nitrogen and oxygen atoms in total. The monoisotopic (exact) mass is 648 g/mol. The number of aromatic nitrogens is 4. The Morgan fingerprint density at radius 1 is 1.35 bits per heavy atom. The maximum absolute atomic E-state index is 13.2. The molecule has 1 fully saturated rings. The number of nitrogens with zero attached hydrogens (tertiary/aromatic N) is 6. The molecule has 0 bridgehead atoms. The van der Waals surface area contributed by atoms with Crippen molar-refractivity contribution in [2.24, 2.45) is 10.9 Å². The number of hydrogen-bond donors (Lipinski definition) is 4. The highest BCUT2D eigenvalue weighted by molar-refractivity contribution is 8.00. The number of oxime groups is 1. The lowest BCUT2D eigenvalue weighted by molar-refractivity contribution is -0.662. The van der Waals surface area contributed by atoms with Crippen molar-refractivity contribution in [2.75, 3.05) is 30.5 Å². The predicted molar refractivity (Wildman–Crippen MR) is 156 cm³/mol. The number of anilines is 1. The van der Waals surface area contributed by atoms with Crippen LogP contribution in [0.15, 0.2) is 51.4 Å². The van der Waals surface area contributed by atoms with E-state index in [1.54, 1.807) is 35.3 Å². The maximum Gasteiger partial charge on any atom is 0.404 e. The molecule has 2 aliphatic heterocycles. The number of rotatable bonds is 12. The number of carbonyl (C=O) groups excluding carboxylic acids is 3. The molecule has 6 N–H and O–H groups in total. The number of nitrogen functional groups attached to an aromatic ring is 1. The van der Waals surface area contributed by atoms with Gasteiger partial charge in [-0.1, -0.05) is 22.0 Å². The van der Waals surface area contributed by atoms with Gasteiger partial charge in [0.25, 0.3) is 11.8 Å². The highest BCUT2D eigenvalue weighted by Crippen LogP contribution is 2.40. The number of primary amides is 1. The van der Waals surface area contributed by atoms with Gasteiger partial charge in [-0.2, -0.15) is 0 Å². The summed E-state index contributed by atoms with van der Waals surface area (Å²) in [6, 6.07) is 2.67. The minimum atomic E-state index is -1.24. The van der Waals surface area contributed by atoms with Crippen molar-refractivity contribution >= 4 is 75.2 Å². The van der Waals surface area contributed by atoms with Crippen LogP contribution in [0.2, 0.25) is 0 Å². The zero-order valence-electron chi connectivity index (χ0n) is 22.5. The Balaban J connectivity index is 1.30. The van der Waals surface area contributed by atoms with E-state index in [2.05, 4.69) is 20.6 Å². The molecule has 5 rings (SSSR count). The number of carboxylic acid groups (broad SMARTS) is 1. The summed E-state index contributed by atoms with van der Waals surface area (Å²) in [4.78, 5) is 59.7. The van der Waals surface area contributed by atoms with Gasteiger partial charge in [-0.3, -0.25) is 14.5 Å². The van der Waals surface area contributed by atoms with Gasteiger partial charge in [-0.15, -0.1) is 27.6 Å². The van der Waals surface area contributed by atoms with Crippen LogP contribution in [-0.4, -0.2) is 90.3 Å². The van der Waals surface area contributed by atoms with Gasteiger partial charge in [0.15, 0.2) is 17.0 Å². The van der Waals surface area contributed by atoms with Crippen LogP contribution in [0.5, 0.6) is 0 Å². The summed E-state index contributed by atoms with van der Waals surface area (Å²) in [7, 11) is 0. The second-order valence-electron chi connectivity index (χ2n) is 8.96. The Bertz CT molecular complexity index is 1650. The second-order valence-corrected chi connectivity index (χ2v) is 12.1. The van der Waals surface area contributed by atoms with E-state index in [0.717, 1.165) is 11.3 Å². The third-order valence-corrected chi connectivity index (χ3v) is 9.14. The number of fused-ring (bicyclic) bond motifs is 2. The number of nitrogens with two attached hydrogens (primary N) is 2. The predicted octanol–water partition coefficient (Wildman–Crippen LogP) is 0.0273.